The zero-order valence-electron chi connectivity index (χ0n) is 10.3. The second kappa shape index (κ2) is 9.94. The highest BCUT2D eigenvalue weighted by molar-refractivity contribution is 5.22. The molecule has 0 heterocycles. The molecule has 0 bridgehead atoms. The Morgan fingerprint density at radius 3 is 2.47 bits per heavy atom. The van der Waals surface area contributed by atoms with Gasteiger partial charge in [-0.05, 0) is 37.3 Å². The molecule has 2 N–H and O–H groups in total. The molecule has 0 aromatic rings. The third kappa shape index (κ3) is 9.70. The molecule has 1 rings (SSSR count). The number of rotatable bonds is 4. The molecule has 0 aliphatic heterocycles. The van der Waals surface area contributed by atoms with Crippen LogP contribution in [0.15, 0.2) is 23.8 Å². The molecule has 1 aliphatic carbocycles. The monoisotopic (exact) mass is 211 g/mol. The summed E-state index contributed by atoms with van der Waals surface area (Å²) in [7, 11) is 1.73. The Bertz CT molecular complexity index is 195. The third-order valence-corrected chi connectivity index (χ3v) is 2.13. The summed E-state index contributed by atoms with van der Waals surface area (Å²) in [5.74, 6) is 0.773. The maximum Gasteiger partial charge on any atom is 0.0709 e. The minimum atomic E-state index is 0.760. The van der Waals surface area contributed by atoms with Crippen LogP contribution >= 0.6 is 0 Å². The van der Waals surface area contributed by atoms with Crippen LogP contribution in [0.5, 0.6) is 0 Å². The lowest BCUT2D eigenvalue weighted by atomic mass is 10.1. The van der Waals surface area contributed by atoms with E-state index in [0.717, 1.165) is 25.5 Å². The Labute approximate surface area is 94.2 Å². The van der Waals surface area contributed by atoms with Crippen molar-refractivity contribution in [3.63, 3.8) is 0 Å². The Balaban J connectivity index is 0.000000288. The first kappa shape index (κ1) is 14.4. The van der Waals surface area contributed by atoms with Gasteiger partial charge in [-0.15, -0.1) is 0 Å². The highest BCUT2D eigenvalue weighted by Gasteiger charge is 1.93. The van der Waals surface area contributed by atoms with Crippen LogP contribution in [0.3, 0.4) is 0 Å². The molecule has 1 aliphatic rings. The van der Waals surface area contributed by atoms with Crippen LogP contribution in [0.25, 0.3) is 0 Å². The molecule has 0 spiro atoms. The lowest BCUT2D eigenvalue weighted by molar-refractivity contribution is 0.228. The van der Waals surface area contributed by atoms with Gasteiger partial charge in [0.1, 0.15) is 0 Å². The van der Waals surface area contributed by atoms with Gasteiger partial charge in [0, 0.05) is 7.11 Å². The predicted molar refractivity (Wildman–Crippen MR) is 66.8 cm³/mol. The number of hydrogen-bond acceptors (Lipinski definition) is 2. The first-order valence-corrected chi connectivity index (χ1v) is 5.75. The Hall–Kier alpha value is -0.600. The molecule has 88 valence electrons. The van der Waals surface area contributed by atoms with Gasteiger partial charge in [-0.3, -0.25) is 0 Å². The molecule has 0 fully saturated rings. The molecular weight excluding hydrogens is 186 g/mol. The van der Waals surface area contributed by atoms with E-state index < -0.39 is 0 Å². The van der Waals surface area contributed by atoms with E-state index in [1.807, 2.05) is 0 Å². The van der Waals surface area contributed by atoms with Crippen molar-refractivity contribution in [3.05, 3.63) is 23.8 Å². The lowest BCUT2D eigenvalue weighted by Crippen LogP contribution is -2.01. The van der Waals surface area contributed by atoms with Gasteiger partial charge < -0.3 is 10.5 Å². The molecule has 2 heteroatoms. The molecule has 0 saturated heterocycles. The predicted octanol–water partition coefficient (Wildman–Crippen LogP) is 2.90. The summed E-state index contributed by atoms with van der Waals surface area (Å²) < 4.78 is 4.96. The summed E-state index contributed by atoms with van der Waals surface area (Å²) >= 11 is 0. The van der Waals surface area contributed by atoms with Gasteiger partial charge in [-0.2, -0.15) is 0 Å². The van der Waals surface area contributed by atoms with Crippen LogP contribution in [0, 0.1) is 5.92 Å². The zero-order chi connectivity index (χ0) is 11.5. The molecule has 0 unspecified atom stereocenters. The minimum Gasteiger partial charge on any atom is -0.380 e. The summed E-state index contributed by atoms with van der Waals surface area (Å²) in [5.41, 5.74) is 6.54. The standard InChI is InChI=1S/C8H12O.C5H13N/c1-9-7-8-5-3-2-4-6-8;1-5(2)3-4-6/h3,5-6H,2,4,7H2,1H3;5H,3-4,6H2,1-2H3. The zero-order valence-corrected chi connectivity index (χ0v) is 10.3. The van der Waals surface area contributed by atoms with E-state index in [1.54, 1.807) is 7.11 Å². The van der Waals surface area contributed by atoms with Gasteiger partial charge in [0.25, 0.3) is 0 Å². The summed E-state index contributed by atoms with van der Waals surface area (Å²) in [6, 6.07) is 0. The normalized spacial score (nSPS) is 14.6. The van der Waals surface area contributed by atoms with Crippen molar-refractivity contribution >= 4 is 0 Å². The highest BCUT2D eigenvalue weighted by atomic mass is 16.5. The fourth-order valence-electron chi connectivity index (χ4n) is 1.27. The molecule has 0 aromatic heterocycles. The van der Waals surface area contributed by atoms with E-state index in [9.17, 15) is 0 Å². The van der Waals surface area contributed by atoms with Gasteiger partial charge in [-0.25, -0.2) is 0 Å². The van der Waals surface area contributed by atoms with Crippen molar-refractivity contribution in [1.29, 1.82) is 0 Å². The lowest BCUT2D eigenvalue weighted by Gasteiger charge is -2.03. The molecular formula is C13H25NO. The fourth-order valence-corrected chi connectivity index (χ4v) is 1.27. The number of ether oxygens (including phenoxy) is 1. The van der Waals surface area contributed by atoms with Crippen LogP contribution in [-0.4, -0.2) is 20.3 Å². The van der Waals surface area contributed by atoms with E-state index in [4.69, 9.17) is 10.5 Å². The quantitative estimate of drug-likeness (QED) is 0.776. The molecule has 2 nitrogen and oxygen atoms in total. The Morgan fingerprint density at radius 2 is 2.13 bits per heavy atom. The number of allylic oxidation sites excluding steroid dienone is 2. The van der Waals surface area contributed by atoms with Crippen LogP contribution in [-0.2, 0) is 4.74 Å². The van der Waals surface area contributed by atoms with Crippen molar-refractivity contribution in [2.75, 3.05) is 20.3 Å². The van der Waals surface area contributed by atoms with Crippen molar-refractivity contribution in [2.24, 2.45) is 11.7 Å². The van der Waals surface area contributed by atoms with E-state index in [2.05, 4.69) is 32.1 Å². The molecule has 0 saturated carbocycles. The first-order valence-electron chi connectivity index (χ1n) is 5.75. The van der Waals surface area contributed by atoms with Gasteiger partial charge in [0.05, 0.1) is 6.61 Å². The second-order valence-electron chi connectivity index (χ2n) is 4.16. The summed E-state index contributed by atoms with van der Waals surface area (Å²) in [6.07, 6.45) is 10.1. The van der Waals surface area contributed by atoms with Crippen LogP contribution in [0.4, 0.5) is 0 Å². The average molecular weight is 211 g/mol. The Morgan fingerprint density at radius 1 is 1.40 bits per heavy atom. The van der Waals surface area contributed by atoms with Crippen LogP contribution < -0.4 is 5.73 Å². The number of hydrogen-bond donors (Lipinski definition) is 1. The molecule has 0 aromatic carbocycles. The van der Waals surface area contributed by atoms with Gasteiger partial charge in [0.2, 0.25) is 0 Å². The largest absolute Gasteiger partial charge is 0.380 e. The number of nitrogens with two attached hydrogens (primary N) is 1. The third-order valence-electron chi connectivity index (χ3n) is 2.13. The fraction of sp³-hybridized carbons (Fsp3) is 0.692. The maximum absolute atomic E-state index is 5.23. The summed E-state index contributed by atoms with van der Waals surface area (Å²) in [5, 5.41) is 0. The molecule has 0 atom stereocenters. The van der Waals surface area contributed by atoms with Crippen LogP contribution in [0.1, 0.15) is 33.1 Å². The summed E-state index contributed by atoms with van der Waals surface area (Å²) in [6.45, 7) is 5.94. The van der Waals surface area contributed by atoms with Gasteiger partial charge >= 0.3 is 0 Å². The van der Waals surface area contributed by atoms with Crippen molar-refractivity contribution in [2.45, 2.75) is 33.1 Å². The molecule has 0 amide bonds. The number of methoxy groups -OCH3 is 1. The molecule has 0 radical (unpaired) electrons. The topological polar surface area (TPSA) is 35.2 Å². The maximum atomic E-state index is 5.23. The van der Waals surface area contributed by atoms with Crippen molar-refractivity contribution in [1.82, 2.24) is 0 Å². The highest BCUT2D eigenvalue weighted by Crippen LogP contribution is 2.08. The second-order valence-corrected chi connectivity index (χ2v) is 4.16. The van der Waals surface area contributed by atoms with Crippen molar-refractivity contribution in [3.8, 4) is 0 Å². The SMILES string of the molecule is CC(C)CCN.COCC1=CCCC=C1. The van der Waals surface area contributed by atoms with Crippen molar-refractivity contribution < 1.29 is 4.74 Å². The summed E-state index contributed by atoms with van der Waals surface area (Å²) in [4.78, 5) is 0. The van der Waals surface area contributed by atoms with Crippen LogP contribution in [0.2, 0.25) is 0 Å². The van der Waals surface area contributed by atoms with E-state index >= 15 is 0 Å². The average Bonchev–Trinajstić information content (AvgIpc) is 2.20. The molecule has 15 heavy (non-hydrogen) atoms. The van der Waals surface area contributed by atoms with E-state index in [-0.39, 0.29) is 0 Å². The van der Waals surface area contributed by atoms with Gasteiger partial charge in [0.15, 0.2) is 0 Å². The van der Waals surface area contributed by atoms with E-state index in [1.165, 1.54) is 18.4 Å². The Kier molecular flexibility index (Phi) is 9.54. The van der Waals surface area contributed by atoms with E-state index in [0.29, 0.717) is 0 Å². The smallest absolute Gasteiger partial charge is 0.0709 e. The minimum absolute atomic E-state index is 0.760. The first-order chi connectivity index (χ1) is 7.20. The van der Waals surface area contributed by atoms with Gasteiger partial charge in [-0.1, -0.05) is 32.1 Å².